The molecule has 0 saturated heterocycles. The molecule has 0 aliphatic carbocycles. The molecule has 3 aromatic carbocycles. The van der Waals surface area contributed by atoms with Gasteiger partial charge < -0.3 is 14.0 Å². The summed E-state index contributed by atoms with van der Waals surface area (Å²) in [6.45, 7) is 4.81. The summed E-state index contributed by atoms with van der Waals surface area (Å²) >= 11 is 1.58. The number of nitrogens with zero attached hydrogens (tertiary/aromatic N) is 3. The van der Waals surface area contributed by atoms with Gasteiger partial charge in [-0.3, -0.25) is 4.79 Å². The third-order valence-electron chi connectivity index (χ3n) is 5.66. The third kappa shape index (κ3) is 5.92. The van der Waals surface area contributed by atoms with E-state index in [-0.39, 0.29) is 5.78 Å². The number of methoxy groups -OCH3 is 1. The SMILES string of the molecule is CCOc1ccc(C(C)=O)cc1CSc1nnc(-c2ccccc2OC)n1CCc1ccccc1. The molecule has 0 unspecified atom stereocenters. The fraction of sp³-hybridized carbons (Fsp3) is 0.250. The lowest BCUT2D eigenvalue weighted by Gasteiger charge is -2.14. The second-order valence-electron chi connectivity index (χ2n) is 7.99. The minimum atomic E-state index is 0.0313. The Morgan fingerprint density at radius 1 is 0.971 bits per heavy atom. The Kier molecular flexibility index (Phi) is 8.21. The van der Waals surface area contributed by atoms with Crippen LogP contribution in [0, 0.1) is 0 Å². The first kappa shape index (κ1) is 24.5. The molecule has 0 radical (unpaired) electrons. The number of hydrogen-bond donors (Lipinski definition) is 0. The lowest BCUT2D eigenvalue weighted by molar-refractivity contribution is 0.101. The van der Waals surface area contributed by atoms with E-state index in [4.69, 9.17) is 9.47 Å². The van der Waals surface area contributed by atoms with E-state index in [2.05, 4.69) is 39.0 Å². The lowest BCUT2D eigenvalue weighted by atomic mass is 10.1. The van der Waals surface area contributed by atoms with E-state index in [1.165, 1.54) is 5.56 Å². The maximum atomic E-state index is 11.9. The summed E-state index contributed by atoms with van der Waals surface area (Å²) < 4.78 is 13.6. The number of carbonyl (C=O) groups excluding carboxylic acids is 1. The number of rotatable bonds is 11. The monoisotopic (exact) mass is 487 g/mol. The van der Waals surface area contributed by atoms with Gasteiger partial charge in [0.1, 0.15) is 11.5 Å². The summed E-state index contributed by atoms with van der Waals surface area (Å²) in [6.07, 6.45) is 0.846. The Labute approximate surface area is 210 Å². The van der Waals surface area contributed by atoms with Crippen LogP contribution in [0.4, 0.5) is 0 Å². The van der Waals surface area contributed by atoms with Crippen LogP contribution in [0.5, 0.6) is 11.5 Å². The van der Waals surface area contributed by atoms with Gasteiger partial charge in [-0.15, -0.1) is 10.2 Å². The Balaban J connectivity index is 1.66. The summed E-state index contributed by atoms with van der Waals surface area (Å²) in [7, 11) is 1.66. The average molecular weight is 488 g/mol. The van der Waals surface area contributed by atoms with Crippen LogP contribution in [0.3, 0.4) is 0 Å². The number of carbonyl (C=O) groups is 1. The van der Waals surface area contributed by atoms with E-state index in [0.29, 0.717) is 17.9 Å². The first-order valence-corrected chi connectivity index (χ1v) is 12.6. The zero-order chi connectivity index (χ0) is 24.6. The van der Waals surface area contributed by atoms with E-state index in [9.17, 15) is 4.79 Å². The van der Waals surface area contributed by atoms with Gasteiger partial charge in [0.15, 0.2) is 16.8 Å². The van der Waals surface area contributed by atoms with Crippen LogP contribution < -0.4 is 9.47 Å². The van der Waals surface area contributed by atoms with Gasteiger partial charge in [-0.05, 0) is 56.2 Å². The van der Waals surface area contributed by atoms with Gasteiger partial charge in [0.05, 0.1) is 19.3 Å². The number of ketones is 1. The van der Waals surface area contributed by atoms with Crippen LogP contribution in [-0.2, 0) is 18.7 Å². The van der Waals surface area contributed by atoms with E-state index in [1.54, 1.807) is 25.8 Å². The van der Waals surface area contributed by atoms with Gasteiger partial charge in [-0.1, -0.05) is 54.2 Å². The maximum Gasteiger partial charge on any atom is 0.191 e. The highest BCUT2D eigenvalue weighted by Gasteiger charge is 2.18. The molecule has 0 amide bonds. The number of para-hydroxylation sites is 1. The molecule has 1 heterocycles. The molecular formula is C28H29N3O3S. The average Bonchev–Trinajstić information content (AvgIpc) is 3.29. The van der Waals surface area contributed by atoms with Crippen molar-refractivity contribution in [2.45, 2.75) is 37.7 Å². The highest BCUT2D eigenvalue weighted by molar-refractivity contribution is 7.98. The van der Waals surface area contributed by atoms with Crippen molar-refractivity contribution < 1.29 is 14.3 Å². The summed E-state index contributed by atoms with van der Waals surface area (Å²) in [5, 5.41) is 9.90. The minimum Gasteiger partial charge on any atom is -0.496 e. The van der Waals surface area contributed by atoms with Crippen molar-refractivity contribution in [1.29, 1.82) is 0 Å². The van der Waals surface area contributed by atoms with Crippen molar-refractivity contribution in [1.82, 2.24) is 14.8 Å². The summed E-state index contributed by atoms with van der Waals surface area (Å²) in [5.74, 6) is 2.94. The molecule has 180 valence electrons. The predicted octanol–water partition coefficient (Wildman–Crippen LogP) is 6.09. The molecule has 0 atom stereocenters. The number of benzene rings is 3. The normalized spacial score (nSPS) is 10.8. The highest BCUT2D eigenvalue weighted by atomic mass is 32.2. The van der Waals surface area contributed by atoms with E-state index in [1.807, 2.05) is 55.5 Å². The second-order valence-corrected chi connectivity index (χ2v) is 8.94. The smallest absolute Gasteiger partial charge is 0.191 e. The Morgan fingerprint density at radius 3 is 2.49 bits per heavy atom. The van der Waals surface area contributed by atoms with E-state index >= 15 is 0 Å². The summed E-state index contributed by atoms with van der Waals surface area (Å²) in [4.78, 5) is 11.9. The lowest BCUT2D eigenvalue weighted by Crippen LogP contribution is -2.06. The molecular weight excluding hydrogens is 458 g/mol. The Morgan fingerprint density at radius 2 is 1.74 bits per heavy atom. The maximum absolute atomic E-state index is 11.9. The summed E-state index contributed by atoms with van der Waals surface area (Å²) in [5.41, 5.74) is 3.78. The fourth-order valence-corrected chi connectivity index (χ4v) is 4.80. The first-order valence-electron chi connectivity index (χ1n) is 11.6. The van der Waals surface area contributed by atoms with Crippen LogP contribution in [0.2, 0.25) is 0 Å². The van der Waals surface area contributed by atoms with Gasteiger partial charge in [-0.25, -0.2) is 0 Å². The van der Waals surface area contributed by atoms with E-state index in [0.717, 1.165) is 46.6 Å². The van der Waals surface area contributed by atoms with Gasteiger partial charge >= 0.3 is 0 Å². The number of hydrogen-bond acceptors (Lipinski definition) is 6. The first-order chi connectivity index (χ1) is 17.1. The quantitative estimate of drug-likeness (QED) is 0.188. The van der Waals surface area contributed by atoms with Crippen LogP contribution in [0.25, 0.3) is 11.4 Å². The van der Waals surface area contributed by atoms with Gasteiger partial charge in [0.25, 0.3) is 0 Å². The zero-order valence-electron chi connectivity index (χ0n) is 20.2. The third-order valence-corrected chi connectivity index (χ3v) is 6.67. The highest BCUT2D eigenvalue weighted by Crippen LogP contribution is 2.33. The van der Waals surface area contributed by atoms with Crippen molar-refractivity contribution in [3.8, 4) is 22.9 Å². The number of Topliss-reactive ketones (excluding diaryl/α,β-unsaturated/α-hetero) is 1. The molecule has 0 aliphatic rings. The topological polar surface area (TPSA) is 66.2 Å². The predicted molar refractivity (Wildman–Crippen MR) is 139 cm³/mol. The van der Waals surface area contributed by atoms with Crippen molar-refractivity contribution in [3.63, 3.8) is 0 Å². The second kappa shape index (κ2) is 11.7. The van der Waals surface area contributed by atoms with Gasteiger partial charge in [0.2, 0.25) is 0 Å². The number of aryl methyl sites for hydroxylation is 1. The molecule has 0 saturated carbocycles. The van der Waals surface area contributed by atoms with Crippen LogP contribution >= 0.6 is 11.8 Å². The molecule has 1 aromatic heterocycles. The van der Waals surface area contributed by atoms with Crippen molar-refractivity contribution in [2.75, 3.05) is 13.7 Å². The fourth-order valence-electron chi connectivity index (χ4n) is 3.86. The van der Waals surface area contributed by atoms with Gasteiger partial charge in [-0.2, -0.15) is 0 Å². The standard InChI is InChI=1S/C28H29N3O3S/c1-4-34-25-15-14-22(20(2)32)18-23(25)19-35-28-30-29-27(24-12-8-9-13-26(24)33-3)31(28)17-16-21-10-6-5-7-11-21/h5-15,18H,4,16-17,19H2,1-3H3. The molecule has 6 nitrogen and oxygen atoms in total. The van der Waals surface area contributed by atoms with Crippen LogP contribution in [0.1, 0.15) is 35.3 Å². The van der Waals surface area contributed by atoms with Crippen LogP contribution in [0.15, 0.2) is 78.0 Å². The minimum absolute atomic E-state index is 0.0313. The van der Waals surface area contributed by atoms with Crippen molar-refractivity contribution in [2.24, 2.45) is 0 Å². The molecule has 0 aliphatic heterocycles. The molecule has 0 fully saturated rings. The van der Waals surface area contributed by atoms with Crippen molar-refractivity contribution >= 4 is 17.5 Å². The molecule has 0 bridgehead atoms. The molecule has 0 spiro atoms. The zero-order valence-corrected chi connectivity index (χ0v) is 21.0. The van der Waals surface area contributed by atoms with E-state index < -0.39 is 0 Å². The van der Waals surface area contributed by atoms with Crippen LogP contribution in [-0.4, -0.2) is 34.3 Å². The summed E-state index contributed by atoms with van der Waals surface area (Å²) in [6, 6.07) is 23.8. The largest absolute Gasteiger partial charge is 0.496 e. The molecule has 4 rings (SSSR count). The molecule has 4 aromatic rings. The number of thioether (sulfide) groups is 1. The molecule has 7 heteroatoms. The molecule has 35 heavy (non-hydrogen) atoms. The molecule has 0 N–H and O–H groups in total. The number of ether oxygens (including phenoxy) is 2. The Hall–Kier alpha value is -3.58. The Bertz CT molecular complexity index is 1290. The van der Waals surface area contributed by atoms with Crippen molar-refractivity contribution in [3.05, 3.63) is 89.5 Å². The van der Waals surface area contributed by atoms with Gasteiger partial charge in [0, 0.05) is 23.4 Å². The number of aromatic nitrogens is 3.